The second kappa shape index (κ2) is 11.8. The molecule has 1 atom stereocenters. The summed E-state index contributed by atoms with van der Waals surface area (Å²) in [4.78, 5) is 20.7. The summed E-state index contributed by atoms with van der Waals surface area (Å²) < 4.78 is 58.9. The van der Waals surface area contributed by atoms with E-state index in [9.17, 15) is 14.3 Å². The Morgan fingerprint density at radius 1 is 1.04 bits per heavy atom. The van der Waals surface area contributed by atoms with Crippen molar-refractivity contribution >= 4 is 28.6 Å². The van der Waals surface area contributed by atoms with Crippen molar-refractivity contribution in [3.8, 4) is 17.1 Å². The molecule has 232 valence electrons. The molecule has 0 radical (unpaired) electrons. The molecule has 45 heavy (non-hydrogen) atoms. The fourth-order valence-corrected chi connectivity index (χ4v) is 5.80. The van der Waals surface area contributed by atoms with Gasteiger partial charge in [0.1, 0.15) is 29.9 Å². The summed E-state index contributed by atoms with van der Waals surface area (Å²) in [5.41, 5.74) is 1.88. The van der Waals surface area contributed by atoms with E-state index in [0.717, 1.165) is 12.1 Å². The van der Waals surface area contributed by atoms with Crippen LogP contribution in [0, 0.1) is 29.8 Å². The molecule has 0 bridgehead atoms. The van der Waals surface area contributed by atoms with Gasteiger partial charge in [-0.2, -0.15) is 0 Å². The zero-order chi connectivity index (χ0) is 32.0. The van der Waals surface area contributed by atoms with Crippen molar-refractivity contribution in [3.63, 3.8) is 0 Å². The number of carboxylic acids is 1. The fraction of sp³-hybridized carbons (Fsp3) is 0.265. The van der Waals surface area contributed by atoms with Gasteiger partial charge in [-0.15, -0.1) is 0 Å². The number of rotatable bonds is 8. The van der Waals surface area contributed by atoms with Crippen LogP contribution in [0.5, 0.6) is 5.88 Å². The molecule has 3 heterocycles. The Hall–Kier alpha value is -4.41. The number of halogens is 4. The van der Waals surface area contributed by atoms with Gasteiger partial charge < -0.3 is 19.1 Å². The Balaban J connectivity index is 1.31. The number of fused-ring (bicyclic) bond motifs is 1. The molecular weight excluding hydrogens is 607 g/mol. The van der Waals surface area contributed by atoms with E-state index in [-0.39, 0.29) is 58.3 Å². The Bertz CT molecular complexity index is 1960. The Labute approximate surface area is 262 Å². The first-order chi connectivity index (χ1) is 21.4. The van der Waals surface area contributed by atoms with Gasteiger partial charge in [-0.3, -0.25) is 0 Å². The maximum atomic E-state index is 15.7. The number of aryl methyl sites for hydroxylation is 1. The smallest absolute Gasteiger partial charge is 0.335 e. The average molecular weight is 636 g/mol. The highest BCUT2D eigenvalue weighted by molar-refractivity contribution is 6.31. The minimum atomic E-state index is -1.08. The van der Waals surface area contributed by atoms with Crippen molar-refractivity contribution in [3.05, 3.63) is 111 Å². The van der Waals surface area contributed by atoms with Gasteiger partial charge >= 0.3 is 5.97 Å². The number of nitrogens with zero attached hydrogens (tertiary/aromatic N) is 3. The van der Waals surface area contributed by atoms with Crippen LogP contribution in [-0.2, 0) is 17.8 Å². The molecule has 3 aromatic carbocycles. The van der Waals surface area contributed by atoms with Crippen LogP contribution in [0.2, 0.25) is 5.02 Å². The van der Waals surface area contributed by atoms with Crippen LogP contribution in [0.4, 0.5) is 13.2 Å². The van der Waals surface area contributed by atoms with E-state index in [0.29, 0.717) is 40.7 Å². The SMILES string of the molecule is Cc1cc(F)c(COc2cccc(-c3cc(F)c(Cc4nc5ccc(C(=O)O)cc5n4C4COCC4(C)C)cc3F)n2)cc1Cl. The molecule has 2 aromatic heterocycles. The second-order valence-corrected chi connectivity index (χ2v) is 12.3. The van der Waals surface area contributed by atoms with Crippen LogP contribution in [-0.4, -0.2) is 38.8 Å². The zero-order valence-electron chi connectivity index (χ0n) is 24.7. The number of imidazole rings is 1. The van der Waals surface area contributed by atoms with Crippen LogP contribution in [0.15, 0.2) is 60.7 Å². The highest BCUT2D eigenvalue weighted by atomic mass is 35.5. The number of pyridine rings is 1. The number of hydrogen-bond acceptors (Lipinski definition) is 5. The van der Waals surface area contributed by atoms with Crippen LogP contribution >= 0.6 is 11.6 Å². The van der Waals surface area contributed by atoms with Gasteiger partial charge in [0.15, 0.2) is 0 Å². The van der Waals surface area contributed by atoms with E-state index < -0.39 is 23.4 Å². The third-order valence-electron chi connectivity index (χ3n) is 8.16. The molecule has 1 unspecified atom stereocenters. The van der Waals surface area contributed by atoms with Crippen molar-refractivity contribution in [2.24, 2.45) is 5.41 Å². The van der Waals surface area contributed by atoms with E-state index in [1.807, 2.05) is 18.4 Å². The molecule has 11 heteroatoms. The van der Waals surface area contributed by atoms with Gasteiger partial charge in [-0.05, 0) is 66.6 Å². The molecule has 1 aliphatic heterocycles. The normalized spacial score (nSPS) is 15.9. The summed E-state index contributed by atoms with van der Waals surface area (Å²) in [5.74, 6) is -2.36. The van der Waals surface area contributed by atoms with Crippen LogP contribution in [0.1, 0.15) is 52.8 Å². The maximum absolute atomic E-state index is 15.7. The monoisotopic (exact) mass is 635 g/mol. The zero-order valence-corrected chi connectivity index (χ0v) is 25.5. The van der Waals surface area contributed by atoms with Gasteiger partial charge in [0.2, 0.25) is 5.88 Å². The molecule has 0 saturated carbocycles. The number of carboxylic acid groups (broad SMARTS) is 1. The first kappa shape index (κ1) is 30.6. The predicted molar refractivity (Wildman–Crippen MR) is 163 cm³/mol. The van der Waals surface area contributed by atoms with Crippen molar-refractivity contribution < 1.29 is 32.5 Å². The summed E-state index contributed by atoms with van der Waals surface area (Å²) in [5, 5.41) is 9.98. The second-order valence-electron chi connectivity index (χ2n) is 11.9. The lowest BCUT2D eigenvalue weighted by Gasteiger charge is -2.28. The average Bonchev–Trinajstić information content (AvgIpc) is 3.53. The summed E-state index contributed by atoms with van der Waals surface area (Å²) >= 11 is 6.11. The van der Waals surface area contributed by atoms with Gasteiger partial charge in [-0.25, -0.2) is 27.9 Å². The molecule has 1 fully saturated rings. The first-order valence-corrected chi connectivity index (χ1v) is 14.6. The molecule has 1 saturated heterocycles. The lowest BCUT2D eigenvalue weighted by Crippen LogP contribution is -2.27. The third kappa shape index (κ3) is 6.00. The topological polar surface area (TPSA) is 86.5 Å². The van der Waals surface area contributed by atoms with Gasteiger partial charge in [0, 0.05) is 34.1 Å². The summed E-state index contributed by atoms with van der Waals surface area (Å²) in [6, 6.07) is 14.1. The fourth-order valence-electron chi connectivity index (χ4n) is 5.61. The van der Waals surface area contributed by atoms with Crippen molar-refractivity contribution in [2.75, 3.05) is 13.2 Å². The van der Waals surface area contributed by atoms with E-state index in [2.05, 4.69) is 4.98 Å². The number of ether oxygens (including phenoxy) is 2. The highest BCUT2D eigenvalue weighted by Gasteiger charge is 2.39. The predicted octanol–water partition coefficient (Wildman–Crippen LogP) is 7.94. The summed E-state index contributed by atoms with van der Waals surface area (Å²) in [7, 11) is 0. The van der Waals surface area contributed by atoms with Crippen molar-refractivity contribution in [1.29, 1.82) is 0 Å². The maximum Gasteiger partial charge on any atom is 0.335 e. The Kier molecular flexibility index (Phi) is 8.05. The number of hydrogen-bond donors (Lipinski definition) is 1. The minimum Gasteiger partial charge on any atom is -0.478 e. The molecular formula is C34H29ClF3N3O4. The largest absolute Gasteiger partial charge is 0.478 e. The van der Waals surface area contributed by atoms with Gasteiger partial charge in [0.05, 0.1) is 41.5 Å². The minimum absolute atomic E-state index is 0.0477. The quantitative estimate of drug-likeness (QED) is 0.186. The van der Waals surface area contributed by atoms with Gasteiger partial charge in [0.25, 0.3) is 0 Å². The summed E-state index contributed by atoms with van der Waals surface area (Å²) in [6.45, 7) is 6.46. The van der Waals surface area contributed by atoms with E-state index in [1.54, 1.807) is 25.1 Å². The molecule has 1 N–H and O–H groups in total. The van der Waals surface area contributed by atoms with Crippen LogP contribution in [0.25, 0.3) is 22.3 Å². The Morgan fingerprint density at radius 3 is 2.56 bits per heavy atom. The van der Waals surface area contributed by atoms with E-state index in [1.165, 1.54) is 30.3 Å². The standard InChI is InChI=1S/C34H29ClF3N3O4/c1-18-9-24(36)21(10-23(18)35)15-45-32-6-4-5-27(40-32)22-14-25(37)20(11-26(22)38)13-31-39-28-8-7-19(33(42)43)12-29(28)41(31)30-16-44-17-34(30,2)3/h4-12,14,30H,13,15-17H2,1-3H3,(H,42,43). The molecule has 0 spiro atoms. The van der Waals surface area contributed by atoms with E-state index >= 15 is 8.78 Å². The lowest BCUT2D eigenvalue weighted by atomic mass is 9.87. The van der Waals surface area contributed by atoms with E-state index in [4.69, 9.17) is 26.1 Å². The molecule has 0 aliphatic carbocycles. The first-order valence-electron chi connectivity index (χ1n) is 14.3. The van der Waals surface area contributed by atoms with Crippen LogP contribution < -0.4 is 4.74 Å². The molecule has 0 amide bonds. The molecule has 6 rings (SSSR count). The number of aromatic nitrogens is 3. The van der Waals surface area contributed by atoms with Crippen molar-refractivity contribution in [1.82, 2.24) is 14.5 Å². The third-order valence-corrected chi connectivity index (χ3v) is 8.57. The number of benzene rings is 3. The Morgan fingerprint density at radius 2 is 1.82 bits per heavy atom. The summed E-state index contributed by atoms with van der Waals surface area (Å²) in [6.07, 6.45) is -0.0477. The molecule has 5 aromatic rings. The lowest BCUT2D eigenvalue weighted by molar-refractivity contribution is 0.0697. The number of carbonyl (C=O) groups is 1. The molecule has 7 nitrogen and oxygen atoms in total. The van der Waals surface area contributed by atoms with Crippen LogP contribution in [0.3, 0.4) is 0 Å². The number of aromatic carboxylic acids is 1. The highest BCUT2D eigenvalue weighted by Crippen LogP contribution is 2.40. The molecule has 1 aliphatic rings. The van der Waals surface area contributed by atoms with Gasteiger partial charge in [-0.1, -0.05) is 31.5 Å². The van der Waals surface area contributed by atoms with Crippen molar-refractivity contribution in [2.45, 2.75) is 39.8 Å².